The first kappa shape index (κ1) is 20.1. The Morgan fingerprint density at radius 1 is 1.21 bits per heavy atom. The summed E-state index contributed by atoms with van der Waals surface area (Å²) in [6.07, 6.45) is 8.70. The largest absolute Gasteiger partial charge is 0.493 e. The van der Waals surface area contributed by atoms with E-state index in [1.165, 1.54) is 12.8 Å². The third kappa shape index (κ3) is 4.58. The van der Waals surface area contributed by atoms with E-state index in [0.29, 0.717) is 35.5 Å². The molecule has 1 saturated carbocycles. The number of benzene rings is 1. The van der Waals surface area contributed by atoms with Gasteiger partial charge >= 0.3 is 0 Å². The van der Waals surface area contributed by atoms with Gasteiger partial charge in [0.2, 0.25) is 0 Å². The van der Waals surface area contributed by atoms with Crippen molar-refractivity contribution in [2.75, 3.05) is 20.8 Å². The molecule has 3 rings (SSSR count). The average molecular weight is 383 g/mol. The van der Waals surface area contributed by atoms with E-state index in [2.05, 4.69) is 43.1 Å². The third-order valence-corrected chi connectivity index (χ3v) is 5.14. The number of methoxy groups -OCH3 is 1. The first-order valence-corrected chi connectivity index (χ1v) is 9.84. The quantitative estimate of drug-likeness (QED) is 0.713. The van der Waals surface area contributed by atoms with Gasteiger partial charge in [-0.1, -0.05) is 25.1 Å². The van der Waals surface area contributed by atoms with Crippen molar-refractivity contribution in [3.63, 3.8) is 0 Å². The maximum absolute atomic E-state index is 12.7. The smallest absolute Gasteiger partial charge is 0.253 e. The molecule has 1 N–H and O–H groups in total. The van der Waals surface area contributed by atoms with Crippen LogP contribution in [0.5, 0.6) is 11.5 Å². The van der Waals surface area contributed by atoms with Gasteiger partial charge in [-0.05, 0) is 56.2 Å². The fraction of sp³-hybridized carbons (Fsp3) is 0.435. The SMILES string of the molecule is CNC(=O)/C(=C\N1C(C)=CC(C)C=C1C)c1ccc(OC)c(OCC2CC2)c1. The highest BCUT2D eigenvalue weighted by molar-refractivity contribution is 6.19. The van der Waals surface area contributed by atoms with E-state index >= 15 is 0 Å². The molecule has 1 aliphatic heterocycles. The van der Waals surface area contributed by atoms with E-state index in [1.807, 2.05) is 24.4 Å². The van der Waals surface area contributed by atoms with E-state index in [4.69, 9.17) is 9.47 Å². The van der Waals surface area contributed by atoms with E-state index in [9.17, 15) is 4.79 Å². The monoisotopic (exact) mass is 382 g/mol. The summed E-state index contributed by atoms with van der Waals surface area (Å²) >= 11 is 0. The molecule has 0 radical (unpaired) electrons. The molecular formula is C23H30N2O3. The summed E-state index contributed by atoms with van der Waals surface area (Å²) in [6, 6.07) is 5.65. The van der Waals surface area contributed by atoms with Crippen LogP contribution in [-0.2, 0) is 4.79 Å². The Morgan fingerprint density at radius 3 is 2.46 bits per heavy atom. The van der Waals surface area contributed by atoms with Gasteiger partial charge in [0.15, 0.2) is 11.5 Å². The van der Waals surface area contributed by atoms with Gasteiger partial charge in [0, 0.05) is 24.6 Å². The maximum atomic E-state index is 12.7. The van der Waals surface area contributed by atoms with Crippen LogP contribution >= 0.6 is 0 Å². The second kappa shape index (κ2) is 8.55. The molecule has 5 heteroatoms. The van der Waals surface area contributed by atoms with Crippen LogP contribution in [0.1, 0.15) is 39.2 Å². The minimum atomic E-state index is -0.141. The van der Waals surface area contributed by atoms with Gasteiger partial charge in [-0.25, -0.2) is 0 Å². The number of carbonyl (C=O) groups is 1. The topological polar surface area (TPSA) is 50.8 Å². The number of rotatable bonds is 7. The van der Waals surface area contributed by atoms with Crippen LogP contribution in [-0.4, -0.2) is 31.6 Å². The standard InChI is InChI=1S/C23H30N2O3/c1-15-10-16(2)25(17(3)11-15)13-20(23(26)24-4)19-8-9-21(27-5)22(12-19)28-14-18-6-7-18/h8-13,15,18H,6-7,14H2,1-5H3,(H,24,26)/b20-13-. The van der Waals surface area contributed by atoms with Gasteiger partial charge in [0.25, 0.3) is 5.91 Å². The van der Waals surface area contributed by atoms with Crippen molar-refractivity contribution in [2.45, 2.75) is 33.6 Å². The molecule has 1 aliphatic carbocycles. The van der Waals surface area contributed by atoms with Crippen molar-refractivity contribution in [2.24, 2.45) is 11.8 Å². The number of ether oxygens (including phenoxy) is 2. The van der Waals surface area contributed by atoms with E-state index in [0.717, 1.165) is 17.0 Å². The van der Waals surface area contributed by atoms with Crippen LogP contribution in [0, 0.1) is 11.8 Å². The molecule has 150 valence electrons. The summed E-state index contributed by atoms with van der Waals surface area (Å²) < 4.78 is 11.4. The summed E-state index contributed by atoms with van der Waals surface area (Å²) in [5, 5.41) is 2.75. The summed E-state index contributed by atoms with van der Waals surface area (Å²) in [7, 11) is 3.28. The normalized spacial score (nSPS) is 17.8. The molecule has 0 spiro atoms. The lowest BCUT2D eigenvalue weighted by Crippen LogP contribution is -2.24. The molecule has 1 aromatic rings. The lowest BCUT2D eigenvalue weighted by molar-refractivity contribution is -0.115. The predicted octanol–water partition coefficient (Wildman–Crippen LogP) is 4.33. The molecule has 28 heavy (non-hydrogen) atoms. The Kier molecular flexibility index (Phi) is 6.12. The zero-order valence-corrected chi connectivity index (χ0v) is 17.4. The van der Waals surface area contributed by atoms with E-state index < -0.39 is 0 Å². The fourth-order valence-corrected chi connectivity index (χ4v) is 3.43. The average Bonchev–Trinajstić information content (AvgIpc) is 3.49. The molecule has 1 heterocycles. The van der Waals surface area contributed by atoms with Crippen LogP contribution in [0.4, 0.5) is 0 Å². The van der Waals surface area contributed by atoms with Gasteiger partial charge in [0.1, 0.15) is 0 Å². The number of allylic oxidation sites excluding steroid dienone is 4. The molecule has 0 saturated heterocycles. The molecule has 2 aliphatic rings. The number of nitrogens with one attached hydrogen (secondary N) is 1. The van der Waals surface area contributed by atoms with E-state index in [-0.39, 0.29) is 5.91 Å². The fourth-order valence-electron chi connectivity index (χ4n) is 3.43. The van der Waals surface area contributed by atoms with Crippen LogP contribution < -0.4 is 14.8 Å². The van der Waals surface area contributed by atoms with Crippen LogP contribution in [0.2, 0.25) is 0 Å². The maximum Gasteiger partial charge on any atom is 0.253 e. The Balaban J connectivity index is 1.97. The zero-order chi connectivity index (χ0) is 20.3. The minimum absolute atomic E-state index is 0.141. The minimum Gasteiger partial charge on any atom is -0.493 e. The van der Waals surface area contributed by atoms with Crippen molar-refractivity contribution in [3.8, 4) is 11.5 Å². The molecule has 0 aromatic heterocycles. The third-order valence-electron chi connectivity index (χ3n) is 5.14. The van der Waals surface area contributed by atoms with Crippen molar-refractivity contribution in [1.82, 2.24) is 10.2 Å². The molecule has 0 unspecified atom stereocenters. The Labute approximate surface area is 167 Å². The van der Waals surface area contributed by atoms with Crippen LogP contribution in [0.25, 0.3) is 5.57 Å². The molecule has 0 bridgehead atoms. The molecule has 1 amide bonds. The summed E-state index contributed by atoms with van der Waals surface area (Å²) in [4.78, 5) is 14.7. The second-order valence-electron chi connectivity index (χ2n) is 7.59. The van der Waals surface area contributed by atoms with Gasteiger partial charge in [-0.3, -0.25) is 4.79 Å². The van der Waals surface area contributed by atoms with Crippen LogP contribution in [0.3, 0.4) is 0 Å². The van der Waals surface area contributed by atoms with Gasteiger partial charge in [-0.2, -0.15) is 0 Å². The summed E-state index contributed by atoms with van der Waals surface area (Å²) in [5.41, 5.74) is 3.59. The summed E-state index contributed by atoms with van der Waals surface area (Å²) in [5.74, 6) is 2.24. The Bertz CT molecular complexity index is 814. The second-order valence-corrected chi connectivity index (χ2v) is 7.59. The highest BCUT2D eigenvalue weighted by atomic mass is 16.5. The molecule has 0 atom stereocenters. The first-order valence-electron chi connectivity index (χ1n) is 9.84. The van der Waals surface area contributed by atoms with Gasteiger partial charge < -0.3 is 19.7 Å². The molecule has 1 fully saturated rings. The van der Waals surface area contributed by atoms with E-state index in [1.54, 1.807) is 14.2 Å². The van der Waals surface area contributed by atoms with Crippen molar-refractivity contribution < 1.29 is 14.3 Å². The first-order chi connectivity index (χ1) is 13.4. The number of likely N-dealkylation sites (N-methyl/N-ethyl adjacent to an activating group) is 1. The van der Waals surface area contributed by atoms with Crippen LogP contribution in [0.15, 0.2) is 47.9 Å². The molecule has 1 aromatic carbocycles. The van der Waals surface area contributed by atoms with Gasteiger partial charge in [-0.15, -0.1) is 0 Å². The molecular weight excluding hydrogens is 352 g/mol. The highest BCUT2D eigenvalue weighted by Gasteiger charge is 2.23. The number of hydrogen-bond donors (Lipinski definition) is 1. The number of amides is 1. The Morgan fingerprint density at radius 2 is 1.89 bits per heavy atom. The number of nitrogens with zero attached hydrogens (tertiary/aromatic N) is 1. The van der Waals surface area contributed by atoms with Crippen molar-refractivity contribution in [1.29, 1.82) is 0 Å². The summed E-state index contributed by atoms with van der Waals surface area (Å²) in [6.45, 7) is 6.96. The lowest BCUT2D eigenvalue weighted by Gasteiger charge is -2.28. The number of carbonyl (C=O) groups excluding carboxylic acids is 1. The van der Waals surface area contributed by atoms with Crippen molar-refractivity contribution >= 4 is 11.5 Å². The van der Waals surface area contributed by atoms with Gasteiger partial charge in [0.05, 0.1) is 19.3 Å². The highest BCUT2D eigenvalue weighted by Crippen LogP contribution is 2.35. The lowest BCUT2D eigenvalue weighted by atomic mass is 10.0. The Hall–Kier alpha value is -2.69. The van der Waals surface area contributed by atoms with Crippen molar-refractivity contribution in [3.05, 3.63) is 53.5 Å². The predicted molar refractivity (Wildman–Crippen MR) is 112 cm³/mol. The molecule has 5 nitrogen and oxygen atoms in total. The number of hydrogen-bond acceptors (Lipinski definition) is 4. The zero-order valence-electron chi connectivity index (χ0n) is 17.4.